The highest BCUT2D eigenvalue weighted by Crippen LogP contribution is 2.09. The fraction of sp³-hybridized carbons (Fsp3) is 0.333. The summed E-state index contributed by atoms with van der Waals surface area (Å²) in [6.45, 7) is 2.90. The lowest BCUT2D eigenvalue weighted by Gasteiger charge is -2.29. The van der Waals surface area contributed by atoms with Crippen LogP contribution in [0.25, 0.3) is 0 Å². The summed E-state index contributed by atoms with van der Waals surface area (Å²) in [5.74, 6) is 0.954. The average molecular weight is 397 g/mol. The molecule has 0 aliphatic carbocycles. The second-order valence-electron chi connectivity index (χ2n) is 5.78. The molecule has 0 aliphatic heterocycles. The zero-order valence-corrected chi connectivity index (χ0v) is 15.0. The van der Waals surface area contributed by atoms with Crippen LogP contribution in [0.5, 0.6) is 5.75 Å². The van der Waals surface area contributed by atoms with Gasteiger partial charge in [0.1, 0.15) is 18.9 Å². The summed E-state index contributed by atoms with van der Waals surface area (Å²) in [6, 6.07) is 20.7. The van der Waals surface area contributed by atoms with Crippen LogP contribution in [-0.4, -0.2) is 38.3 Å². The number of likely N-dealkylation sites (N-methyl/N-ethyl adjacent to an activating group) is 1. The molecule has 0 aromatic heterocycles. The van der Waals surface area contributed by atoms with Gasteiger partial charge in [0.25, 0.3) is 0 Å². The van der Waals surface area contributed by atoms with E-state index in [4.69, 9.17) is 4.74 Å². The van der Waals surface area contributed by atoms with Gasteiger partial charge in [0.05, 0.1) is 20.6 Å². The maximum Gasteiger partial charge on any atom is 0.137 e. The van der Waals surface area contributed by atoms with E-state index in [0.717, 1.165) is 36.3 Å². The summed E-state index contributed by atoms with van der Waals surface area (Å²) in [5.41, 5.74) is 1.41. The van der Waals surface area contributed by atoms with Gasteiger partial charge in [-0.3, -0.25) is 0 Å². The summed E-state index contributed by atoms with van der Waals surface area (Å²) < 4.78 is 6.75. The zero-order chi connectivity index (χ0) is 14.3. The number of halogens is 1. The quantitative estimate of drug-likeness (QED) is 0.485. The molecule has 0 amide bonds. The molecule has 0 saturated carbocycles. The fourth-order valence-electron chi connectivity index (χ4n) is 2.12. The highest BCUT2D eigenvalue weighted by molar-refractivity contribution is 5.20. The molecule has 0 bridgehead atoms. The lowest BCUT2D eigenvalue weighted by molar-refractivity contribution is -0.890. The Balaban J connectivity index is 0.00000220. The van der Waals surface area contributed by atoms with E-state index in [1.54, 1.807) is 0 Å². The molecule has 114 valence electrons. The van der Waals surface area contributed by atoms with Crippen LogP contribution in [-0.2, 0) is 6.42 Å². The van der Waals surface area contributed by atoms with E-state index in [2.05, 4.69) is 44.4 Å². The number of para-hydroxylation sites is 1. The van der Waals surface area contributed by atoms with Gasteiger partial charge in [0.2, 0.25) is 0 Å². The maximum absolute atomic E-state index is 5.78. The first-order valence-corrected chi connectivity index (χ1v) is 7.19. The third-order valence-corrected chi connectivity index (χ3v) is 3.56. The molecule has 2 aromatic carbocycles. The summed E-state index contributed by atoms with van der Waals surface area (Å²) in [5, 5.41) is 0. The second kappa shape index (κ2) is 9.05. The van der Waals surface area contributed by atoms with Crippen LogP contribution in [0.15, 0.2) is 60.7 Å². The van der Waals surface area contributed by atoms with Gasteiger partial charge < -0.3 is 33.2 Å². The number of ether oxygens (including phenoxy) is 1. The van der Waals surface area contributed by atoms with E-state index < -0.39 is 0 Å². The van der Waals surface area contributed by atoms with Crippen molar-refractivity contribution in [3.63, 3.8) is 0 Å². The lowest BCUT2D eigenvalue weighted by Crippen LogP contribution is -3.00. The molecule has 0 saturated heterocycles. The Morgan fingerprint density at radius 2 is 1.38 bits per heavy atom. The summed E-state index contributed by atoms with van der Waals surface area (Å²) in [6.07, 6.45) is 1.11. The number of hydrogen-bond donors (Lipinski definition) is 0. The van der Waals surface area contributed by atoms with E-state index in [-0.39, 0.29) is 24.0 Å². The van der Waals surface area contributed by atoms with E-state index in [0.29, 0.717) is 0 Å². The first kappa shape index (κ1) is 18.0. The molecule has 2 aromatic rings. The first-order chi connectivity index (χ1) is 9.66. The smallest absolute Gasteiger partial charge is 0.137 e. The maximum atomic E-state index is 5.78. The molecule has 21 heavy (non-hydrogen) atoms. The lowest BCUT2D eigenvalue weighted by atomic mass is 10.1. The number of nitrogens with zero attached hydrogens (tertiary/aromatic N) is 1. The fourth-order valence-corrected chi connectivity index (χ4v) is 2.12. The predicted octanol–water partition coefficient (Wildman–Crippen LogP) is 0.389. The van der Waals surface area contributed by atoms with E-state index in [1.807, 2.05) is 30.3 Å². The molecule has 3 heteroatoms. The van der Waals surface area contributed by atoms with Gasteiger partial charge in [-0.15, -0.1) is 0 Å². The van der Waals surface area contributed by atoms with E-state index >= 15 is 0 Å². The Labute approximate surface area is 145 Å². The highest BCUT2D eigenvalue weighted by Gasteiger charge is 2.14. The predicted molar refractivity (Wildman–Crippen MR) is 83.9 cm³/mol. The molecule has 0 fully saturated rings. The second-order valence-corrected chi connectivity index (χ2v) is 5.78. The van der Waals surface area contributed by atoms with Gasteiger partial charge in [-0.2, -0.15) is 0 Å². The van der Waals surface area contributed by atoms with Crippen LogP contribution in [0.3, 0.4) is 0 Å². The normalized spacial score (nSPS) is 10.8. The molecule has 0 atom stereocenters. The Morgan fingerprint density at radius 1 is 0.810 bits per heavy atom. The van der Waals surface area contributed by atoms with Crippen molar-refractivity contribution < 1.29 is 33.2 Å². The molecule has 0 radical (unpaired) electrons. The first-order valence-electron chi connectivity index (χ1n) is 7.19. The van der Waals surface area contributed by atoms with Crippen molar-refractivity contribution in [2.45, 2.75) is 6.42 Å². The Kier molecular flexibility index (Phi) is 7.75. The molecule has 0 N–H and O–H groups in total. The van der Waals surface area contributed by atoms with Crippen LogP contribution in [0.1, 0.15) is 5.56 Å². The average Bonchev–Trinajstić information content (AvgIpc) is 2.47. The molecule has 0 aliphatic rings. The minimum Gasteiger partial charge on any atom is -1.00 e. The Morgan fingerprint density at radius 3 is 2.00 bits per heavy atom. The molecule has 0 spiro atoms. The highest BCUT2D eigenvalue weighted by atomic mass is 127. The third kappa shape index (κ3) is 6.96. The minimum atomic E-state index is 0. The SMILES string of the molecule is C[N+](C)(CCOc1ccccc1)CCc1ccccc1.[I-]. The molecule has 0 unspecified atom stereocenters. The summed E-state index contributed by atoms with van der Waals surface area (Å²) in [4.78, 5) is 0. The minimum absolute atomic E-state index is 0. The van der Waals surface area contributed by atoms with Gasteiger partial charge in [-0.25, -0.2) is 0 Å². The van der Waals surface area contributed by atoms with Crippen molar-refractivity contribution in [3.05, 3.63) is 66.2 Å². The van der Waals surface area contributed by atoms with Crippen LogP contribution >= 0.6 is 0 Å². The van der Waals surface area contributed by atoms with Gasteiger partial charge >= 0.3 is 0 Å². The van der Waals surface area contributed by atoms with Crippen molar-refractivity contribution in [2.75, 3.05) is 33.8 Å². The van der Waals surface area contributed by atoms with Gasteiger partial charge in [-0.05, 0) is 17.7 Å². The van der Waals surface area contributed by atoms with Crippen molar-refractivity contribution in [2.24, 2.45) is 0 Å². The van der Waals surface area contributed by atoms with E-state index in [1.165, 1.54) is 5.56 Å². The van der Waals surface area contributed by atoms with Gasteiger partial charge in [0, 0.05) is 6.42 Å². The van der Waals surface area contributed by atoms with Crippen molar-refractivity contribution in [3.8, 4) is 5.75 Å². The number of benzene rings is 2. The summed E-state index contributed by atoms with van der Waals surface area (Å²) in [7, 11) is 4.52. The number of hydrogen-bond acceptors (Lipinski definition) is 1. The van der Waals surface area contributed by atoms with Crippen molar-refractivity contribution >= 4 is 0 Å². The molecule has 0 heterocycles. The van der Waals surface area contributed by atoms with Crippen LogP contribution in [0.2, 0.25) is 0 Å². The molecular weight excluding hydrogens is 373 g/mol. The van der Waals surface area contributed by atoms with Crippen LogP contribution in [0, 0.1) is 0 Å². The standard InChI is InChI=1S/C18H24NO.HI/c1-19(2,14-13-17-9-5-3-6-10-17)15-16-20-18-11-7-4-8-12-18;/h3-12H,13-16H2,1-2H3;1H/q+1;/p-1. The van der Waals surface area contributed by atoms with Crippen molar-refractivity contribution in [1.29, 1.82) is 0 Å². The topological polar surface area (TPSA) is 9.23 Å². The van der Waals surface area contributed by atoms with E-state index in [9.17, 15) is 0 Å². The summed E-state index contributed by atoms with van der Waals surface area (Å²) >= 11 is 0. The zero-order valence-electron chi connectivity index (χ0n) is 12.8. The monoisotopic (exact) mass is 397 g/mol. The third-order valence-electron chi connectivity index (χ3n) is 3.56. The number of rotatable bonds is 7. The van der Waals surface area contributed by atoms with Crippen molar-refractivity contribution in [1.82, 2.24) is 0 Å². The Hall–Kier alpha value is -1.07. The largest absolute Gasteiger partial charge is 1.00 e. The molecular formula is C18H24INO. The molecule has 2 nitrogen and oxygen atoms in total. The number of quaternary nitrogens is 1. The van der Waals surface area contributed by atoms with Gasteiger partial charge in [-0.1, -0.05) is 48.5 Å². The molecule has 2 rings (SSSR count). The van der Waals surface area contributed by atoms with Gasteiger partial charge in [0.15, 0.2) is 0 Å². The Bertz CT molecular complexity index is 499. The van der Waals surface area contributed by atoms with Crippen LogP contribution in [0.4, 0.5) is 0 Å². The van der Waals surface area contributed by atoms with Crippen LogP contribution < -0.4 is 28.7 Å².